The summed E-state index contributed by atoms with van der Waals surface area (Å²) in [5, 5.41) is 0. The van der Waals surface area contributed by atoms with Gasteiger partial charge in [0.25, 0.3) is 10.2 Å². The van der Waals surface area contributed by atoms with E-state index in [-0.39, 0.29) is 29.2 Å². The third-order valence-corrected chi connectivity index (χ3v) is 5.76. The number of nitrogens with one attached hydrogen (secondary N) is 2. The highest BCUT2D eigenvalue weighted by Gasteiger charge is 2.35. The van der Waals surface area contributed by atoms with Crippen molar-refractivity contribution in [1.82, 2.24) is 19.5 Å². The molecule has 1 aliphatic rings. The quantitative estimate of drug-likeness (QED) is 0.642. The molecular weight excluding hydrogens is 464 g/mol. The summed E-state index contributed by atoms with van der Waals surface area (Å²) < 4.78 is 67.1. The molecule has 178 valence electrons. The Hall–Kier alpha value is -3.52. The van der Waals surface area contributed by atoms with E-state index in [0.29, 0.717) is 0 Å². The first-order valence-electron chi connectivity index (χ1n) is 9.49. The van der Waals surface area contributed by atoms with Gasteiger partial charge in [-0.2, -0.15) is 8.42 Å². The van der Waals surface area contributed by atoms with E-state index in [1.54, 1.807) is 0 Å². The van der Waals surface area contributed by atoms with Gasteiger partial charge < -0.3 is 14.4 Å². The standard InChI is InChI=1S/C19H21F2N5O6S/c1-10-15-13(20)7-12(31-18(27)25(3)4)8-14(15)32-19(28)26(10)9-11-5-6-23-17(16(11)21)24-33(29,30)22-2/h5-8,10,22H,9H2,1-4H3,(H,23,24)/t10-/m0/s1. The number of ether oxygens (including phenoxy) is 2. The van der Waals surface area contributed by atoms with E-state index >= 15 is 0 Å². The molecule has 14 heteroatoms. The molecule has 11 nitrogen and oxygen atoms in total. The maximum atomic E-state index is 14.9. The first-order valence-corrected chi connectivity index (χ1v) is 11.0. The molecule has 1 atom stereocenters. The van der Waals surface area contributed by atoms with Crippen molar-refractivity contribution in [2.45, 2.75) is 19.5 Å². The highest BCUT2D eigenvalue weighted by atomic mass is 32.2. The van der Waals surface area contributed by atoms with Crippen molar-refractivity contribution in [3.8, 4) is 11.5 Å². The number of carbonyl (C=O) groups excluding carboxylic acids is 2. The van der Waals surface area contributed by atoms with Gasteiger partial charge in [-0.1, -0.05) is 0 Å². The van der Waals surface area contributed by atoms with Gasteiger partial charge in [0.1, 0.15) is 17.3 Å². The Morgan fingerprint density at radius 1 is 1.33 bits per heavy atom. The van der Waals surface area contributed by atoms with E-state index in [4.69, 9.17) is 9.47 Å². The van der Waals surface area contributed by atoms with Gasteiger partial charge in [-0.05, 0) is 13.0 Å². The fraction of sp³-hybridized carbons (Fsp3) is 0.316. The largest absolute Gasteiger partial charge is 0.416 e. The van der Waals surface area contributed by atoms with Crippen LogP contribution >= 0.6 is 0 Å². The van der Waals surface area contributed by atoms with E-state index in [1.807, 2.05) is 9.44 Å². The van der Waals surface area contributed by atoms with Crippen LogP contribution in [0.25, 0.3) is 0 Å². The SMILES string of the molecule is CNS(=O)(=O)Nc1nccc(CN2C(=O)Oc3cc(OC(=O)N(C)C)cc(F)c3[C@@H]2C)c1F. The molecule has 0 radical (unpaired) electrons. The van der Waals surface area contributed by atoms with Gasteiger partial charge >= 0.3 is 12.2 Å². The maximum absolute atomic E-state index is 14.9. The molecule has 0 saturated carbocycles. The Bertz CT molecular complexity index is 1210. The minimum Gasteiger partial charge on any atom is -0.410 e. The summed E-state index contributed by atoms with van der Waals surface area (Å²) in [5.74, 6) is -2.66. The molecule has 2 N–H and O–H groups in total. The first-order chi connectivity index (χ1) is 15.4. The minimum absolute atomic E-state index is 0.00447. The second-order valence-electron chi connectivity index (χ2n) is 7.19. The van der Waals surface area contributed by atoms with Crippen molar-refractivity contribution < 1.29 is 36.3 Å². The van der Waals surface area contributed by atoms with Gasteiger partial charge in [0.15, 0.2) is 11.6 Å². The van der Waals surface area contributed by atoms with Gasteiger partial charge in [-0.3, -0.25) is 9.62 Å². The number of nitrogens with zero attached hydrogens (tertiary/aromatic N) is 3. The van der Waals surface area contributed by atoms with E-state index in [0.717, 1.165) is 29.1 Å². The Kier molecular flexibility index (Phi) is 6.69. The summed E-state index contributed by atoms with van der Waals surface area (Å²) in [6, 6.07) is 2.56. The summed E-state index contributed by atoms with van der Waals surface area (Å²) in [6.07, 6.45) is -0.491. The minimum atomic E-state index is -4.03. The first kappa shape index (κ1) is 24.1. The Morgan fingerprint density at radius 2 is 2.03 bits per heavy atom. The predicted molar refractivity (Wildman–Crippen MR) is 112 cm³/mol. The molecule has 2 amide bonds. The highest BCUT2D eigenvalue weighted by Crippen LogP contribution is 2.40. The Labute approximate surface area is 188 Å². The number of anilines is 1. The highest BCUT2D eigenvalue weighted by molar-refractivity contribution is 7.90. The molecule has 3 rings (SSSR count). The summed E-state index contributed by atoms with van der Waals surface area (Å²) >= 11 is 0. The number of hydrogen-bond acceptors (Lipinski definition) is 7. The van der Waals surface area contributed by atoms with Crippen LogP contribution in [0.2, 0.25) is 0 Å². The van der Waals surface area contributed by atoms with Crippen LogP contribution in [0.4, 0.5) is 24.2 Å². The average molecular weight is 485 g/mol. The van der Waals surface area contributed by atoms with Gasteiger partial charge in [0.05, 0.1) is 18.2 Å². The molecule has 2 heterocycles. The molecule has 1 aromatic carbocycles. The number of aromatic nitrogens is 1. The van der Waals surface area contributed by atoms with E-state index in [2.05, 4.69) is 4.98 Å². The van der Waals surface area contributed by atoms with Crippen LogP contribution in [0.15, 0.2) is 24.4 Å². The predicted octanol–water partition coefficient (Wildman–Crippen LogP) is 2.37. The maximum Gasteiger partial charge on any atom is 0.416 e. The molecule has 0 saturated heterocycles. The lowest BCUT2D eigenvalue weighted by Crippen LogP contribution is -2.40. The van der Waals surface area contributed by atoms with Crippen LogP contribution in [-0.2, 0) is 16.8 Å². The summed E-state index contributed by atoms with van der Waals surface area (Å²) in [6.45, 7) is 1.15. The summed E-state index contributed by atoms with van der Waals surface area (Å²) in [4.78, 5) is 30.2. The van der Waals surface area contributed by atoms with Crippen LogP contribution in [0, 0.1) is 11.6 Å². The van der Waals surface area contributed by atoms with Crippen molar-refractivity contribution in [1.29, 1.82) is 0 Å². The second-order valence-corrected chi connectivity index (χ2v) is 8.81. The van der Waals surface area contributed by atoms with Crippen LogP contribution in [0.1, 0.15) is 24.1 Å². The lowest BCUT2D eigenvalue weighted by molar-refractivity contribution is 0.114. The number of halogens is 2. The van der Waals surface area contributed by atoms with Crippen LogP contribution in [-0.4, -0.2) is 56.5 Å². The monoisotopic (exact) mass is 485 g/mol. The zero-order chi connectivity index (χ0) is 24.5. The van der Waals surface area contributed by atoms with Crippen LogP contribution < -0.4 is 18.9 Å². The second kappa shape index (κ2) is 9.15. The van der Waals surface area contributed by atoms with Gasteiger partial charge in [0, 0.05) is 45.0 Å². The fourth-order valence-electron chi connectivity index (χ4n) is 3.02. The number of amides is 2. The molecule has 0 bridgehead atoms. The van der Waals surface area contributed by atoms with E-state index in [1.165, 1.54) is 33.2 Å². The smallest absolute Gasteiger partial charge is 0.410 e. The number of rotatable bonds is 6. The third-order valence-electron chi connectivity index (χ3n) is 4.76. The lowest BCUT2D eigenvalue weighted by atomic mass is 10.0. The lowest BCUT2D eigenvalue weighted by Gasteiger charge is -2.34. The zero-order valence-electron chi connectivity index (χ0n) is 18.0. The van der Waals surface area contributed by atoms with Crippen molar-refractivity contribution in [2.24, 2.45) is 0 Å². The molecule has 0 spiro atoms. The number of carbonyl (C=O) groups is 2. The normalized spacial score (nSPS) is 15.5. The molecular formula is C19H21F2N5O6S. The number of fused-ring (bicyclic) bond motifs is 1. The van der Waals surface area contributed by atoms with Crippen LogP contribution in [0.5, 0.6) is 11.5 Å². The zero-order valence-corrected chi connectivity index (χ0v) is 18.9. The molecule has 1 aromatic heterocycles. The van der Waals surface area contributed by atoms with Crippen molar-refractivity contribution in [3.63, 3.8) is 0 Å². The molecule has 1 aliphatic heterocycles. The fourth-order valence-corrected chi connectivity index (χ4v) is 3.52. The van der Waals surface area contributed by atoms with E-state index < -0.39 is 45.9 Å². The van der Waals surface area contributed by atoms with Crippen molar-refractivity contribution in [3.05, 3.63) is 47.2 Å². The topological polar surface area (TPSA) is 130 Å². The summed E-state index contributed by atoms with van der Waals surface area (Å²) in [7, 11) is 0.00450. The van der Waals surface area contributed by atoms with Crippen molar-refractivity contribution >= 4 is 28.2 Å². The average Bonchev–Trinajstić information content (AvgIpc) is 2.72. The van der Waals surface area contributed by atoms with Gasteiger partial charge in [-0.25, -0.2) is 28.1 Å². The molecule has 0 aliphatic carbocycles. The van der Waals surface area contributed by atoms with Gasteiger partial charge in [0.2, 0.25) is 0 Å². The number of pyridine rings is 1. The van der Waals surface area contributed by atoms with Gasteiger partial charge in [-0.15, -0.1) is 0 Å². The molecule has 2 aromatic rings. The summed E-state index contributed by atoms with van der Waals surface area (Å²) in [5.41, 5.74) is -0.0761. The number of hydrogen-bond donors (Lipinski definition) is 2. The van der Waals surface area contributed by atoms with Crippen molar-refractivity contribution in [2.75, 3.05) is 25.9 Å². The Balaban J connectivity index is 1.89. The third kappa shape index (κ3) is 5.12. The van der Waals surface area contributed by atoms with Crippen LogP contribution in [0.3, 0.4) is 0 Å². The molecule has 0 fully saturated rings. The molecule has 0 unspecified atom stereocenters. The number of benzene rings is 1. The molecule has 33 heavy (non-hydrogen) atoms. The Morgan fingerprint density at radius 3 is 2.67 bits per heavy atom. The van der Waals surface area contributed by atoms with E-state index in [9.17, 15) is 26.8 Å².